The van der Waals surface area contributed by atoms with Gasteiger partial charge in [-0.25, -0.2) is 9.97 Å². The molecule has 0 bridgehead atoms. The molecule has 2 heterocycles. The van der Waals surface area contributed by atoms with E-state index in [4.69, 9.17) is 14.7 Å². The van der Waals surface area contributed by atoms with E-state index in [-0.39, 0.29) is 5.91 Å². The Balaban J connectivity index is 1.13. The van der Waals surface area contributed by atoms with E-state index in [1.165, 1.54) is 24.1 Å². The molecule has 1 fully saturated rings. The van der Waals surface area contributed by atoms with Crippen LogP contribution in [0.3, 0.4) is 0 Å². The number of amides is 1. The number of para-hydroxylation sites is 1. The van der Waals surface area contributed by atoms with Gasteiger partial charge in [-0.2, -0.15) is 4.98 Å². The molecule has 0 spiro atoms. The number of aromatic nitrogens is 3. The standard InChI is InChI=1S/C29H36N6O2/c1-35(2)26-23-11-6-7-13-25(23)33-29(34-26)32-21-16-14-20(15-17-21)19-31-27(36)24-12-8-18-30-28(24)37-22-9-4-3-5-10-22/h3-5,8-10,12,18,20-21H,6-7,11,13-17,19H2,1-2H3,(H,31,36)(H,32,33,34). The van der Waals surface area contributed by atoms with Gasteiger partial charge in [0.2, 0.25) is 11.8 Å². The van der Waals surface area contributed by atoms with Crippen LogP contribution in [-0.2, 0) is 12.8 Å². The van der Waals surface area contributed by atoms with Crippen molar-refractivity contribution in [2.24, 2.45) is 5.92 Å². The van der Waals surface area contributed by atoms with Crippen molar-refractivity contribution in [3.05, 3.63) is 65.5 Å². The number of aryl methyl sites for hydroxylation is 1. The maximum absolute atomic E-state index is 12.9. The number of fused-ring (bicyclic) bond motifs is 1. The molecule has 0 radical (unpaired) electrons. The Morgan fingerprint density at radius 2 is 1.78 bits per heavy atom. The van der Waals surface area contributed by atoms with Gasteiger partial charge in [-0.3, -0.25) is 4.79 Å². The summed E-state index contributed by atoms with van der Waals surface area (Å²) in [5, 5.41) is 6.71. The molecule has 2 aliphatic carbocycles. The fourth-order valence-corrected chi connectivity index (χ4v) is 5.28. The highest BCUT2D eigenvalue weighted by Gasteiger charge is 2.25. The fourth-order valence-electron chi connectivity index (χ4n) is 5.28. The summed E-state index contributed by atoms with van der Waals surface area (Å²) in [6.45, 7) is 0.644. The van der Waals surface area contributed by atoms with Crippen LogP contribution in [0.4, 0.5) is 11.8 Å². The Morgan fingerprint density at radius 3 is 2.57 bits per heavy atom. The van der Waals surface area contributed by atoms with E-state index in [0.29, 0.717) is 35.7 Å². The summed E-state index contributed by atoms with van der Waals surface area (Å²) in [5.41, 5.74) is 2.96. The molecule has 1 amide bonds. The molecular weight excluding hydrogens is 464 g/mol. The van der Waals surface area contributed by atoms with Crippen LogP contribution in [0.25, 0.3) is 0 Å². The van der Waals surface area contributed by atoms with Crippen LogP contribution in [0.2, 0.25) is 0 Å². The topological polar surface area (TPSA) is 92.3 Å². The quantitative estimate of drug-likeness (QED) is 0.449. The second kappa shape index (κ2) is 11.6. The van der Waals surface area contributed by atoms with Crippen LogP contribution in [0.5, 0.6) is 11.6 Å². The number of rotatable bonds is 8. The van der Waals surface area contributed by atoms with Crippen LogP contribution in [0.15, 0.2) is 48.7 Å². The normalized spacial score (nSPS) is 19.0. The Hall–Kier alpha value is -3.68. The van der Waals surface area contributed by atoms with E-state index < -0.39 is 0 Å². The zero-order valence-corrected chi connectivity index (χ0v) is 21.7. The minimum Gasteiger partial charge on any atom is -0.438 e. The Labute approximate surface area is 218 Å². The van der Waals surface area contributed by atoms with Gasteiger partial charge in [-0.1, -0.05) is 18.2 Å². The summed E-state index contributed by atoms with van der Waals surface area (Å²) in [6, 6.07) is 13.3. The van der Waals surface area contributed by atoms with E-state index in [2.05, 4.69) is 34.6 Å². The monoisotopic (exact) mass is 500 g/mol. The summed E-state index contributed by atoms with van der Waals surface area (Å²) in [4.78, 5) is 29.1. The largest absolute Gasteiger partial charge is 0.438 e. The van der Waals surface area contributed by atoms with Gasteiger partial charge in [0.05, 0.1) is 5.69 Å². The number of benzene rings is 1. The molecular formula is C29H36N6O2. The smallest absolute Gasteiger partial charge is 0.256 e. The maximum Gasteiger partial charge on any atom is 0.256 e. The second-order valence-electron chi connectivity index (χ2n) is 10.2. The molecule has 2 N–H and O–H groups in total. The third kappa shape index (κ3) is 6.18. The molecule has 2 aromatic heterocycles. The van der Waals surface area contributed by atoms with Crippen LogP contribution in [-0.4, -0.2) is 47.5 Å². The predicted molar refractivity (Wildman–Crippen MR) is 145 cm³/mol. The second-order valence-corrected chi connectivity index (χ2v) is 10.2. The lowest BCUT2D eigenvalue weighted by molar-refractivity contribution is 0.0940. The van der Waals surface area contributed by atoms with Gasteiger partial charge < -0.3 is 20.3 Å². The zero-order chi connectivity index (χ0) is 25.6. The molecule has 5 rings (SSSR count). The highest BCUT2D eigenvalue weighted by molar-refractivity contribution is 5.96. The summed E-state index contributed by atoms with van der Waals surface area (Å²) < 4.78 is 5.86. The first-order valence-corrected chi connectivity index (χ1v) is 13.4. The summed E-state index contributed by atoms with van der Waals surface area (Å²) in [7, 11) is 4.12. The third-order valence-electron chi connectivity index (χ3n) is 7.29. The van der Waals surface area contributed by atoms with E-state index >= 15 is 0 Å². The van der Waals surface area contributed by atoms with Crippen molar-refractivity contribution >= 4 is 17.7 Å². The Kier molecular flexibility index (Phi) is 7.82. The van der Waals surface area contributed by atoms with Crippen molar-refractivity contribution < 1.29 is 9.53 Å². The van der Waals surface area contributed by atoms with Gasteiger partial charge in [0, 0.05) is 38.4 Å². The van der Waals surface area contributed by atoms with Gasteiger partial charge >= 0.3 is 0 Å². The number of carbonyl (C=O) groups is 1. The molecule has 2 aliphatic rings. The average Bonchev–Trinajstić information content (AvgIpc) is 2.93. The molecule has 0 unspecified atom stereocenters. The lowest BCUT2D eigenvalue weighted by Crippen LogP contribution is -2.34. The van der Waals surface area contributed by atoms with E-state index in [9.17, 15) is 4.79 Å². The number of ether oxygens (including phenoxy) is 1. The molecule has 0 saturated heterocycles. The predicted octanol–water partition coefficient (Wildman–Crippen LogP) is 5.01. The van der Waals surface area contributed by atoms with Gasteiger partial charge in [0.25, 0.3) is 5.91 Å². The summed E-state index contributed by atoms with van der Waals surface area (Å²) in [6.07, 6.45) is 10.3. The van der Waals surface area contributed by atoms with Gasteiger partial charge in [0.15, 0.2) is 0 Å². The Morgan fingerprint density at radius 1 is 1.00 bits per heavy atom. The molecule has 194 valence electrons. The molecule has 1 aromatic carbocycles. The van der Waals surface area contributed by atoms with E-state index in [1.807, 2.05) is 30.3 Å². The summed E-state index contributed by atoms with van der Waals surface area (Å²) in [5.74, 6) is 3.07. The minimum atomic E-state index is -0.155. The number of anilines is 2. The van der Waals surface area contributed by atoms with Gasteiger partial charge in [-0.05, 0) is 81.5 Å². The molecule has 0 atom stereocenters. The number of hydrogen-bond donors (Lipinski definition) is 2. The van der Waals surface area contributed by atoms with Crippen LogP contribution < -0.4 is 20.3 Å². The van der Waals surface area contributed by atoms with Crippen molar-refractivity contribution in [3.8, 4) is 11.6 Å². The van der Waals surface area contributed by atoms with Gasteiger partial charge in [-0.15, -0.1) is 0 Å². The van der Waals surface area contributed by atoms with Crippen molar-refractivity contribution in [2.45, 2.75) is 57.4 Å². The number of pyridine rings is 1. The van der Waals surface area contributed by atoms with Crippen molar-refractivity contribution in [2.75, 3.05) is 30.9 Å². The SMILES string of the molecule is CN(C)c1nc(NC2CCC(CNC(=O)c3cccnc3Oc3ccccc3)CC2)nc2c1CCCC2. The molecule has 8 nitrogen and oxygen atoms in total. The lowest BCUT2D eigenvalue weighted by Gasteiger charge is -2.30. The van der Waals surface area contributed by atoms with Crippen molar-refractivity contribution in [1.82, 2.24) is 20.3 Å². The molecule has 37 heavy (non-hydrogen) atoms. The van der Waals surface area contributed by atoms with Crippen molar-refractivity contribution in [3.63, 3.8) is 0 Å². The molecule has 1 saturated carbocycles. The highest BCUT2D eigenvalue weighted by Crippen LogP contribution is 2.30. The minimum absolute atomic E-state index is 0.155. The zero-order valence-electron chi connectivity index (χ0n) is 21.7. The van der Waals surface area contributed by atoms with Crippen LogP contribution in [0.1, 0.15) is 60.1 Å². The molecule has 3 aromatic rings. The third-order valence-corrected chi connectivity index (χ3v) is 7.29. The number of hydrogen-bond acceptors (Lipinski definition) is 7. The highest BCUT2D eigenvalue weighted by atomic mass is 16.5. The maximum atomic E-state index is 12.9. The molecule has 0 aliphatic heterocycles. The first-order valence-electron chi connectivity index (χ1n) is 13.4. The lowest BCUT2D eigenvalue weighted by atomic mass is 9.86. The first-order chi connectivity index (χ1) is 18.1. The Bertz CT molecular complexity index is 1210. The number of nitrogens with zero attached hydrogens (tertiary/aromatic N) is 4. The number of carbonyl (C=O) groups excluding carboxylic acids is 1. The van der Waals surface area contributed by atoms with Crippen molar-refractivity contribution in [1.29, 1.82) is 0 Å². The molecule has 8 heteroatoms. The van der Waals surface area contributed by atoms with Crippen LogP contribution >= 0.6 is 0 Å². The first kappa shape index (κ1) is 25.0. The van der Waals surface area contributed by atoms with Gasteiger partial charge in [0.1, 0.15) is 17.1 Å². The summed E-state index contributed by atoms with van der Waals surface area (Å²) >= 11 is 0. The van der Waals surface area contributed by atoms with Crippen LogP contribution in [0, 0.1) is 5.92 Å². The average molecular weight is 501 g/mol. The fraction of sp³-hybridized carbons (Fsp3) is 0.448. The van der Waals surface area contributed by atoms with E-state index in [0.717, 1.165) is 50.3 Å². The number of nitrogens with one attached hydrogen (secondary N) is 2. The van der Waals surface area contributed by atoms with E-state index in [1.54, 1.807) is 18.3 Å².